The molecular formula is C22H26N2O6S. The fourth-order valence-corrected chi connectivity index (χ4v) is 5.11. The Morgan fingerprint density at radius 3 is 2.32 bits per heavy atom. The number of amides is 1. The maximum Gasteiger partial charge on any atom is 0.341 e. The molecular weight excluding hydrogens is 420 g/mol. The number of methoxy groups -OCH3 is 1. The molecule has 0 atom stereocenters. The van der Waals surface area contributed by atoms with Crippen molar-refractivity contribution in [2.75, 3.05) is 19.5 Å². The van der Waals surface area contributed by atoms with Crippen LogP contribution in [0.5, 0.6) is 5.75 Å². The Morgan fingerprint density at radius 2 is 1.71 bits per heavy atom. The number of nitrogens with zero attached hydrogens (tertiary/aromatic N) is 1. The largest absolute Gasteiger partial charge is 0.505 e. The Hall–Kier alpha value is -2.91. The van der Waals surface area contributed by atoms with Crippen molar-refractivity contribution in [3.05, 3.63) is 53.6 Å². The molecule has 0 radical (unpaired) electrons. The molecule has 0 aliphatic heterocycles. The Labute approximate surface area is 181 Å². The number of anilines is 1. The molecule has 0 saturated heterocycles. The SMILES string of the molecule is COC(=O)c1cccc(NC(=O)c2ccc(S(=O)(=O)N(C)C3CCCCC3)cc2)c1O. The zero-order chi connectivity index (χ0) is 22.6. The summed E-state index contributed by atoms with van der Waals surface area (Å²) in [6.07, 6.45) is 4.88. The Balaban J connectivity index is 1.75. The molecule has 0 aromatic heterocycles. The van der Waals surface area contributed by atoms with Crippen molar-refractivity contribution in [1.29, 1.82) is 0 Å². The van der Waals surface area contributed by atoms with Gasteiger partial charge in [0.15, 0.2) is 5.75 Å². The molecule has 9 heteroatoms. The highest BCUT2D eigenvalue weighted by atomic mass is 32.2. The van der Waals surface area contributed by atoms with Crippen molar-refractivity contribution in [2.45, 2.75) is 43.0 Å². The fraction of sp³-hybridized carbons (Fsp3) is 0.364. The van der Waals surface area contributed by atoms with Crippen LogP contribution in [-0.4, -0.2) is 49.9 Å². The van der Waals surface area contributed by atoms with Crippen molar-refractivity contribution in [1.82, 2.24) is 4.31 Å². The van der Waals surface area contributed by atoms with Gasteiger partial charge in [0.25, 0.3) is 5.91 Å². The molecule has 1 fully saturated rings. The van der Waals surface area contributed by atoms with E-state index in [1.165, 1.54) is 53.9 Å². The van der Waals surface area contributed by atoms with Crippen molar-refractivity contribution >= 4 is 27.6 Å². The zero-order valence-corrected chi connectivity index (χ0v) is 18.3. The monoisotopic (exact) mass is 446 g/mol. The molecule has 1 aliphatic rings. The van der Waals surface area contributed by atoms with E-state index in [9.17, 15) is 23.1 Å². The predicted octanol–water partition coefficient (Wildman–Crippen LogP) is 3.38. The van der Waals surface area contributed by atoms with Crippen LogP contribution in [0.1, 0.15) is 52.8 Å². The van der Waals surface area contributed by atoms with Gasteiger partial charge in [-0.25, -0.2) is 13.2 Å². The highest BCUT2D eigenvalue weighted by molar-refractivity contribution is 7.89. The number of phenolic OH excluding ortho intramolecular Hbond substituents is 1. The van der Waals surface area contributed by atoms with Crippen LogP contribution in [0.15, 0.2) is 47.4 Å². The molecule has 0 spiro atoms. The summed E-state index contributed by atoms with van der Waals surface area (Å²) in [4.78, 5) is 24.4. The lowest BCUT2D eigenvalue weighted by molar-refractivity contribution is 0.0597. The summed E-state index contributed by atoms with van der Waals surface area (Å²) in [5, 5.41) is 12.7. The number of carbonyl (C=O) groups is 2. The summed E-state index contributed by atoms with van der Waals surface area (Å²) in [6.45, 7) is 0. The standard InChI is InChI=1S/C22H26N2O6S/c1-24(16-7-4-3-5-8-16)31(28,29)17-13-11-15(12-14-17)21(26)23-19-10-6-9-18(20(19)25)22(27)30-2/h6,9-14,16,25H,3-5,7-8H2,1-2H3,(H,23,26). The summed E-state index contributed by atoms with van der Waals surface area (Å²) in [5.74, 6) is -1.69. The first-order valence-electron chi connectivity index (χ1n) is 10.1. The first-order valence-corrected chi connectivity index (χ1v) is 11.5. The summed E-state index contributed by atoms with van der Waals surface area (Å²) < 4.78 is 31.9. The molecule has 2 N–H and O–H groups in total. The number of para-hydroxylation sites is 1. The normalized spacial score (nSPS) is 14.9. The van der Waals surface area contributed by atoms with Crippen LogP contribution in [0, 0.1) is 0 Å². The molecule has 1 aliphatic carbocycles. The second kappa shape index (κ2) is 9.49. The van der Waals surface area contributed by atoms with Crippen LogP contribution >= 0.6 is 0 Å². The van der Waals surface area contributed by atoms with Gasteiger partial charge in [-0.2, -0.15) is 4.31 Å². The molecule has 0 unspecified atom stereocenters. The third-order valence-corrected chi connectivity index (χ3v) is 7.50. The third-order valence-electron chi connectivity index (χ3n) is 5.57. The molecule has 166 valence electrons. The fourth-order valence-electron chi connectivity index (χ4n) is 3.70. The van der Waals surface area contributed by atoms with Gasteiger partial charge in [-0.3, -0.25) is 4.79 Å². The van der Waals surface area contributed by atoms with Gasteiger partial charge >= 0.3 is 5.97 Å². The molecule has 2 aromatic carbocycles. The molecule has 2 aromatic rings. The van der Waals surface area contributed by atoms with Crippen molar-refractivity contribution in [2.24, 2.45) is 0 Å². The number of nitrogens with one attached hydrogen (secondary N) is 1. The Kier molecular flexibility index (Phi) is 6.97. The molecule has 1 saturated carbocycles. The van der Waals surface area contributed by atoms with E-state index in [-0.39, 0.29) is 27.8 Å². The van der Waals surface area contributed by atoms with E-state index in [0.29, 0.717) is 0 Å². The van der Waals surface area contributed by atoms with Crippen LogP contribution in [-0.2, 0) is 14.8 Å². The second-order valence-electron chi connectivity index (χ2n) is 7.48. The average Bonchev–Trinajstić information content (AvgIpc) is 2.80. The van der Waals surface area contributed by atoms with Crippen LogP contribution < -0.4 is 5.32 Å². The van der Waals surface area contributed by atoms with Gasteiger partial charge in [-0.05, 0) is 49.2 Å². The Morgan fingerprint density at radius 1 is 1.06 bits per heavy atom. The summed E-state index contributed by atoms with van der Waals surface area (Å²) in [7, 11) is -0.865. The maximum atomic E-state index is 12.9. The van der Waals surface area contributed by atoms with E-state index in [1.807, 2.05) is 0 Å². The predicted molar refractivity (Wildman–Crippen MR) is 116 cm³/mol. The lowest BCUT2D eigenvalue weighted by atomic mass is 9.96. The number of aromatic hydroxyl groups is 1. The molecule has 31 heavy (non-hydrogen) atoms. The summed E-state index contributed by atoms with van der Waals surface area (Å²) in [5.41, 5.74) is 0.177. The highest BCUT2D eigenvalue weighted by Crippen LogP contribution is 2.29. The minimum atomic E-state index is -3.65. The van der Waals surface area contributed by atoms with E-state index in [2.05, 4.69) is 10.1 Å². The topological polar surface area (TPSA) is 113 Å². The van der Waals surface area contributed by atoms with Gasteiger partial charge in [0, 0.05) is 18.7 Å². The number of sulfonamides is 1. The third kappa shape index (κ3) is 4.88. The number of hydrogen-bond donors (Lipinski definition) is 2. The van der Waals surface area contributed by atoms with E-state index < -0.39 is 27.6 Å². The minimum Gasteiger partial charge on any atom is -0.505 e. The molecule has 8 nitrogen and oxygen atoms in total. The van der Waals surface area contributed by atoms with Crippen LogP contribution in [0.3, 0.4) is 0 Å². The van der Waals surface area contributed by atoms with Crippen LogP contribution in [0.4, 0.5) is 5.69 Å². The van der Waals surface area contributed by atoms with Gasteiger partial charge in [0.1, 0.15) is 5.56 Å². The van der Waals surface area contributed by atoms with Crippen molar-refractivity contribution < 1.29 is 27.9 Å². The first-order chi connectivity index (χ1) is 14.8. The zero-order valence-electron chi connectivity index (χ0n) is 17.5. The van der Waals surface area contributed by atoms with E-state index in [4.69, 9.17) is 0 Å². The maximum absolute atomic E-state index is 12.9. The first kappa shape index (κ1) is 22.8. The number of esters is 1. The number of phenols is 1. The number of hydrogen-bond acceptors (Lipinski definition) is 6. The van der Waals surface area contributed by atoms with E-state index in [1.54, 1.807) is 7.05 Å². The van der Waals surface area contributed by atoms with E-state index in [0.717, 1.165) is 32.1 Å². The number of rotatable bonds is 6. The van der Waals surface area contributed by atoms with Gasteiger partial charge in [0.2, 0.25) is 10.0 Å². The summed E-state index contributed by atoms with van der Waals surface area (Å²) >= 11 is 0. The number of ether oxygens (including phenoxy) is 1. The molecule has 1 amide bonds. The smallest absolute Gasteiger partial charge is 0.341 e. The van der Waals surface area contributed by atoms with Crippen LogP contribution in [0.25, 0.3) is 0 Å². The minimum absolute atomic E-state index is 0.00760. The average molecular weight is 447 g/mol. The van der Waals surface area contributed by atoms with Gasteiger partial charge in [0.05, 0.1) is 17.7 Å². The molecule has 0 bridgehead atoms. The lowest BCUT2D eigenvalue weighted by Crippen LogP contribution is -2.38. The van der Waals surface area contributed by atoms with Gasteiger partial charge in [-0.15, -0.1) is 0 Å². The lowest BCUT2D eigenvalue weighted by Gasteiger charge is -2.30. The Bertz CT molecular complexity index is 1060. The van der Waals surface area contributed by atoms with Gasteiger partial charge in [-0.1, -0.05) is 25.3 Å². The van der Waals surface area contributed by atoms with E-state index >= 15 is 0 Å². The second-order valence-corrected chi connectivity index (χ2v) is 9.48. The van der Waals surface area contributed by atoms with Crippen molar-refractivity contribution in [3.63, 3.8) is 0 Å². The van der Waals surface area contributed by atoms with Crippen LogP contribution in [0.2, 0.25) is 0 Å². The number of benzene rings is 2. The highest BCUT2D eigenvalue weighted by Gasteiger charge is 2.29. The van der Waals surface area contributed by atoms with Crippen molar-refractivity contribution in [3.8, 4) is 5.75 Å². The molecule has 3 rings (SSSR count). The van der Waals surface area contributed by atoms with Gasteiger partial charge < -0.3 is 15.2 Å². The quantitative estimate of drug-likeness (QED) is 0.520. The summed E-state index contributed by atoms with van der Waals surface area (Å²) in [6, 6.07) is 9.93. The number of carbonyl (C=O) groups excluding carboxylic acids is 2. The molecule has 0 heterocycles.